The summed E-state index contributed by atoms with van der Waals surface area (Å²) < 4.78 is 0.865. The maximum absolute atomic E-state index is 10.8. The van der Waals surface area contributed by atoms with Crippen LogP contribution in [0.5, 0.6) is 0 Å². The van der Waals surface area contributed by atoms with Crippen LogP contribution in [0.3, 0.4) is 0 Å². The van der Waals surface area contributed by atoms with E-state index < -0.39 is 5.97 Å². The molecule has 1 aromatic rings. The summed E-state index contributed by atoms with van der Waals surface area (Å²) in [4.78, 5) is 16.8. The molecule has 0 bridgehead atoms. The molecule has 1 N–H and O–H groups in total. The van der Waals surface area contributed by atoms with Gasteiger partial charge in [0.1, 0.15) is 12.4 Å². The van der Waals surface area contributed by atoms with Gasteiger partial charge in [0.05, 0.1) is 4.47 Å². The van der Waals surface area contributed by atoms with E-state index in [0.29, 0.717) is 12.4 Å². The van der Waals surface area contributed by atoms with Gasteiger partial charge in [-0.1, -0.05) is 6.92 Å². The fraction of sp³-hybridized carbons (Fsp3) is 0.455. The number of hydrogen-bond acceptors (Lipinski definition) is 3. The predicted octanol–water partition coefficient (Wildman–Crippen LogP) is 2.45. The molecule has 0 saturated carbocycles. The topological polar surface area (TPSA) is 53.4 Å². The van der Waals surface area contributed by atoms with Crippen LogP contribution in [0.15, 0.2) is 16.7 Å². The number of rotatable bonds is 5. The molecule has 16 heavy (non-hydrogen) atoms. The molecule has 0 aliphatic rings. The summed E-state index contributed by atoms with van der Waals surface area (Å²) in [6, 6.07) is 1.89. The number of carbonyl (C=O) groups is 1. The maximum Gasteiger partial charge on any atom is 0.323 e. The van der Waals surface area contributed by atoms with E-state index in [1.807, 2.05) is 19.9 Å². The fourth-order valence-corrected chi connectivity index (χ4v) is 1.92. The first-order valence-electron chi connectivity index (χ1n) is 5.14. The van der Waals surface area contributed by atoms with E-state index in [0.717, 1.165) is 16.5 Å². The van der Waals surface area contributed by atoms with Crippen LogP contribution in [0, 0.1) is 6.92 Å². The monoisotopic (exact) mass is 286 g/mol. The first kappa shape index (κ1) is 13.0. The quantitative estimate of drug-likeness (QED) is 0.903. The van der Waals surface area contributed by atoms with E-state index in [1.165, 1.54) is 0 Å². The minimum Gasteiger partial charge on any atom is -0.480 e. The maximum atomic E-state index is 10.8. The number of aromatic nitrogens is 1. The average Bonchev–Trinajstić information content (AvgIpc) is 2.21. The van der Waals surface area contributed by atoms with Crippen molar-refractivity contribution in [1.82, 2.24) is 4.98 Å². The van der Waals surface area contributed by atoms with E-state index in [9.17, 15) is 4.79 Å². The van der Waals surface area contributed by atoms with Gasteiger partial charge in [-0.2, -0.15) is 0 Å². The number of carboxylic acid groups (broad SMARTS) is 1. The van der Waals surface area contributed by atoms with Gasteiger partial charge >= 0.3 is 5.97 Å². The van der Waals surface area contributed by atoms with Crippen molar-refractivity contribution in [2.24, 2.45) is 0 Å². The molecular formula is C11H15BrN2O2. The van der Waals surface area contributed by atoms with E-state index in [2.05, 4.69) is 20.9 Å². The van der Waals surface area contributed by atoms with Crippen LogP contribution in [-0.2, 0) is 4.79 Å². The number of aliphatic carboxylic acids is 1. The molecule has 0 fully saturated rings. The second kappa shape index (κ2) is 5.84. The van der Waals surface area contributed by atoms with Crippen LogP contribution < -0.4 is 4.90 Å². The molecule has 1 heterocycles. The fourth-order valence-electron chi connectivity index (χ4n) is 1.44. The van der Waals surface area contributed by atoms with Crippen molar-refractivity contribution in [2.45, 2.75) is 20.3 Å². The third kappa shape index (κ3) is 3.20. The van der Waals surface area contributed by atoms with Gasteiger partial charge in [0.25, 0.3) is 0 Å². The smallest absolute Gasteiger partial charge is 0.323 e. The molecule has 88 valence electrons. The average molecular weight is 287 g/mol. The highest BCUT2D eigenvalue weighted by Gasteiger charge is 2.14. The molecule has 5 heteroatoms. The predicted molar refractivity (Wildman–Crippen MR) is 66.8 cm³/mol. The highest BCUT2D eigenvalue weighted by molar-refractivity contribution is 9.10. The standard InChI is InChI=1S/C11H15BrN2O2/c1-3-6-14(7-9(15)16)11-10(12)8(2)4-5-13-11/h4-5H,3,6-7H2,1-2H3,(H,15,16). The third-order valence-electron chi connectivity index (χ3n) is 2.18. The van der Waals surface area contributed by atoms with Gasteiger partial charge in [-0.15, -0.1) is 0 Å². The Bertz CT molecular complexity index is 382. The van der Waals surface area contributed by atoms with Crippen LogP contribution in [0.1, 0.15) is 18.9 Å². The zero-order valence-electron chi connectivity index (χ0n) is 9.40. The molecule has 0 spiro atoms. The molecule has 0 atom stereocenters. The highest BCUT2D eigenvalue weighted by Crippen LogP contribution is 2.26. The minimum atomic E-state index is -0.844. The Morgan fingerprint density at radius 1 is 1.62 bits per heavy atom. The number of hydrogen-bond donors (Lipinski definition) is 1. The number of carboxylic acids is 1. The van der Waals surface area contributed by atoms with Crippen LogP contribution in [0.2, 0.25) is 0 Å². The number of pyridine rings is 1. The number of nitrogens with zero attached hydrogens (tertiary/aromatic N) is 2. The van der Waals surface area contributed by atoms with Crippen LogP contribution in [0.4, 0.5) is 5.82 Å². The minimum absolute atomic E-state index is 0.0249. The molecular weight excluding hydrogens is 272 g/mol. The Morgan fingerprint density at radius 2 is 2.31 bits per heavy atom. The Morgan fingerprint density at radius 3 is 2.88 bits per heavy atom. The molecule has 0 amide bonds. The molecule has 0 aliphatic carbocycles. The summed E-state index contributed by atoms with van der Waals surface area (Å²) >= 11 is 3.44. The van der Waals surface area contributed by atoms with Crippen molar-refractivity contribution in [2.75, 3.05) is 18.0 Å². The van der Waals surface area contributed by atoms with Gasteiger partial charge in [0.2, 0.25) is 0 Å². The number of anilines is 1. The normalized spacial score (nSPS) is 10.2. The summed E-state index contributed by atoms with van der Waals surface area (Å²) in [7, 11) is 0. The van der Waals surface area contributed by atoms with Gasteiger partial charge in [0, 0.05) is 12.7 Å². The van der Waals surface area contributed by atoms with Gasteiger partial charge in [-0.25, -0.2) is 4.98 Å². The second-order valence-corrected chi connectivity index (χ2v) is 4.37. The molecule has 0 radical (unpaired) electrons. The van der Waals surface area contributed by atoms with E-state index in [4.69, 9.17) is 5.11 Å². The Labute approximate surface area is 103 Å². The molecule has 0 unspecified atom stereocenters. The number of aryl methyl sites for hydroxylation is 1. The van der Waals surface area contributed by atoms with Gasteiger partial charge < -0.3 is 10.0 Å². The van der Waals surface area contributed by atoms with Crippen LogP contribution >= 0.6 is 15.9 Å². The van der Waals surface area contributed by atoms with Crippen LogP contribution in [-0.4, -0.2) is 29.1 Å². The van der Waals surface area contributed by atoms with Crippen molar-refractivity contribution >= 4 is 27.7 Å². The van der Waals surface area contributed by atoms with Gasteiger partial charge in [-0.05, 0) is 40.9 Å². The Hall–Kier alpha value is -1.10. The lowest BCUT2D eigenvalue weighted by molar-refractivity contribution is -0.135. The first-order valence-corrected chi connectivity index (χ1v) is 5.93. The van der Waals surface area contributed by atoms with Crippen molar-refractivity contribution in [3.8, 4) is 0 Å². The third-order valence-corrected chi connectivity index (χ3v) is 3.16. The SMILES string of the molecule is CCCN(CC(=O)O)c1nccc(C)c1Br. The van der Waals surface area contributed by atoms with E-state index >= 15 is 0 Å². The van der Waals surface area contributed by atoms with Crippen molar-refractivity contribution in [1.29, 1.82) is 0 Å². The van der Waals surface area contributed by atoms with Crippen molar-refractivity contribution < 1.29 is 9.90 Å². The Kier molecular flexibility index (Phi) is 4.73. The lowest BCUT2D eigenvalue weighted by atomic mass is 10.3. The zero-order chi connectivity index (χ0) is 12.1. The van der Waals surface area contributed by atoms with E-state index in [-0.39, 0.29) is 6.54 Å². The summed E-state index contributed by atoms with van der Waals surface area (Å²) in [5.41, 5.74) is 1.05. The summed E-state index contributed by atoms with van der Waals surface area (Å²) in [6.45, 7) is 4.63. The Balaban J connectivity index is 3.00. The number of halogens is 1. The molecule has 0 saturated heterocycles. The molecule has 0 aromatic carbocycles. The largest absolute Gasteiger partial charge is 0.480 e. The van der Waals surface area contributed by atoms with Crippen molar-refractivity contribution in [3.63, 3.8) is 0 Å². The molecule has 1 rings (SSSR count). The van der Waals surface area contributed by atoms with Gasteiger partial charge in [-0.3, -0.25) is 4.79 Å². The molecule has 4 nitrogen and oxygen atoms in total. The lowest BCUT2D eigenvalue weighted by Gasteiger charge is -2.22. The summed E-state index contributed by atoms with van der Waals surface area (Å²) in [5.74, 6) is -0.145. The van der Waals surface area contributed by atoms with Crippen LogP contribution in [0.25, 0.3) is 0 Å². The first-order chi connectivity index (χ1) is 7.56. The molecule has 1 aromatic heterocycles. The molecule has 0 aliphatic heterocycles. The zero-order valence-corrected chi connectivity index (χ0v) is 11.0. The summed E-state index contributed by atoms with van der Waals surface area (Å²) in [6.07, 6.45) is 2.58. The van der Waals surface area contributed by atoms with Crippen molar-refractivity contribution in [3.05, 3.63) is 22.3 Å². The second-order valence-electron chi connectivity index (χ2n) is 3.58. The lowest BCUT2D eigenvalue weighted by Crippen LogP contribution is -2.31. The van der Waals surface area contributed by atoms with E-state index in [1.54, 1.807) is 11.1 Å². The van der Waals surface area contributed by atoms with Gasteiger partial charge in [0.15, 0.2) is 0 Å². The highest BCUT2D eigenvalue weighted by atomic mass is 79.9. The summed E-state index contributed by atoms with van der Waals surface area (Å²) in [5, 5.41) is 8.85.